The van der Waals surface area contributed by atoms with Crippen molar-refractivity contribution in [1.29, 1.82) is 0 Å². The molecule has 0 radical (unpaired) electrons. The van der Waals surface area contributed by atoms with Crippen LogP contribution < -0.4 is 4.72 Å². The number of methoxy groups -OCH3 is 1. The summed E-state index contributed by atoms with van der Waals surface area (Å²) in [5.74, 6) is -0.767. The van der Waals surface area contributed by atoms with Crippen molar-refractivity contribution in [2.75, 3.05) is 7.11 Å². The third-order valence-electron chi connectivity index (χ3n) is 3.88. The van der Waals surface area contributed by atoms with Gasteiger partial charge in [0.2, 0.25) is 10.0 Å². The third kappa shape index (κ3) is 5.45. The molecule has 0 bridgehead atoms. The normalized spacial score (nSPS) is 13.1. The van der Waals surface area contributed by atoms with Gasteiger partial charge >= 0.3 is 5.97 Å². The molecule has 0 aliphatic carbocycles. The van der Waals surface area contributed by atoms with Crippen molar-refractivity contribution < 1.29 is 17.9 Å². The number of halogens is 2. The molecule has 1 N–H and O–H groups in total. The van der Waals surface area contributed by atoms with Gasteiger partial charge in [0.25, 0.3) is 0 Å². The maximum atomic E-state index is 12.8. The minimum atomic E-state index is -3.96. The Hall–Kier alpha value is -2.12. The van der Waals surface area contributed by atoms with E-state index in [2.05, 4.69) is 16.0 Å². The Balaban J connectivity index is 2.44. The fraction of sp³-hybridized carbons (Fsp3) is 0.150. The SMILES string of the molecule is C=C(C(=O)OC)C(/C=C(\Cl)c1ccccc1Cl)NS(=O)(=O)c1ccc(C)cc1. The molecule has 0 aromatic heterocycles. The lowest BCUT2D eigenvalue weighted by atomic mass is 10.1. The number of aryl methyl sites for hydroxylation is 1. The minimum absolute atomic E-state index is 0.0445. The van der Waals surface area contributed by atoms with Crippen molar-refractivity contribution in [3.05, 3.63) is 82.9 Å². The highest BCUT2D eigenvalue weighted by atomic mass is 35.5. The van der Waals surface area contributed by atoms with Gasteiger partial charge < -0.3 is 4.74 Å². The summed E-state index contributed by atoms with van der Waals surface area (Å²) < 4.78 is 32.6. The molecular weight excluding hydrogens is 421 g/mol. The van der Waals surface area contributed by atoms with Crippen LogP contribution >= 0.6 is 23.2 Å². The van der Waals surface area contributed by atoms with E-state index in [4.69, 9.17) is 23.2 Å². The number of sulfonamides is 1. The summed E-state index contributed by atoms with van der Waals surface area (Å²) in [5.41, 5.74) is 1.28. The molecular formula is C20H19Cl2NO4S. The molecule has 0 aliphatic heterocycles. The van der Waals surface area contributed by atoms with Crippen LogP contribution in [0.3, 0.4) is 0 Å². The van der Waals surface area contributed by atoms with Gasteiger partial charge in [-0.1, -0.05) is 65.7 Å². The van der Waals surface area contributed by atoms with Crippen LogP contribution in [-0.2, 0) is 19.6 Å². The lowest BCUT2D eigenvalue weighted by molar-refractivity contribution is -0.136. The maximum absolute atomic E-state index is 12.8. The molecule has 2 aromatic carbocycles. The van der Waals surface area contributed by atoms with Crippen LogP contribution in [0.1, 0.15) is 11.1 Å². The van der Waals surface area contributed by atoms with Crippen molar-refractivity contribution in [1.82, 2.24) is 4.72 Å². The summed E-state index contributed by atoms with van der Waals surface area (Å²) in [6, 6.07) is 11.9. The van der Waals surface area contributed by atoms with E-state index in [-0.39, 0.29) is 15.5 Å². The Labute approximate surface area is 174 Å². The van der Waals surface area contributed by atoms with Gasteiger partial charge in [-0.05, 0) is 31.2 Å². The molecule has 0 spiro atoms. The molecule has 0 heterocycles. The maximum Gasteiger partial charge on any atom is 0.335 e. The average molecular weight is 440 g/mol. The smallest absolute Gasteiger partial charge is 0.335 e. The monoisotopic (exact) mass is 439 g/mol. The fourth-order valence-corrected chi connectivity index (χ4v) is 4.06. The highest BCUT2D eigenvalue weighted by Crippen LogP contribution is 2.28. The molecule has 1 unspecified atom stereocenters. The van der Waals surface area contributed by atoms with Gasteiger partial charge in [0.1, 0.15) is 0 Å². The third-order valence-corrected chi connectivity index (χ3v) is 6.00. The molecule has 2 rings (SSSR count). The molecule has 0 aliphatic rings. The average Bonchev–Trinajstić information content (AvgIpc) is 2.66. The molecule has 148 valence electrons. The van der Waals surface area contributed by atoms with Gasteiger partial charge in [-0.15, -0.1) is 0 Å². The predicted octanol–water partition coefficient (Wildman–Crippen LogP) is 4.30. The number of esters is 1. The lowest BCUT2D eigenvalue weighted by Gasteiger charge is -2.18. The number of benzene rings is 2. The second-order valence-electron chi connectivity index (χ2n) is 5.92. The first-order chi connectivity index (χ1) is 13.2. The highest BCUT2D eigenvalue weighted by molar-refractivity contribution is 7.89. The van der Waals surface area contributed by atoms with Gasteiger partial charge in [-0.25, -0.2) is 13.2 Å². The van der Waals surface area contributed by atoms with Crippen LogP contribution in [0.25, 0.3) is 5.03 Å². The number of carbonyl (C=O) groups excluding carboxylic acids is 1. The van der Waals surface area contributed by atoms with E-state index >= 15 is 0 Å². The lowest BCUT2D eigenvalue weighted by Crippen LogP contribution is -2.37. The van der Waals surface area contributed by atoms with E-state index in [0.29, 0.717) is 10.6 Å². The summed E-state index contributed by atoms with van der Waals surface area (Å²) in [7, 11) is -2.78. The molecule has 1 atom stereocenters. The number of hydrogen-bond acceptors (Lipinski definition) is 4. The molecule has 0 saturated carbocycles. The Kier molecular flexibility index (Phi) is 7.43. The van der Waals surface area contributed by atoms with Crippen molar-refractivity contribution in [3.8, 4) is 0 Å². The standard InChI is InChI=1S/C20H19Cl2NO4S/c1-13-8-10-15(11-9-13)28(25,26)23-19(14(2)20(24)27-3)12-18(22)16-6-4-5-7-17(16)21/h4-12,19,23H,2H2,1,3H3/b18-12-. The van der Waals surface area contributed by atoms with E-state index in [1.54, 1.807) is 36.4 Å². The van der Waals surface area contributed by atoms with Crippen molar-refractivity contribution in [2.45, 2.75) is 17.9 Å². The van der Waals surface area contributed by atoms with Crippen molar-refractivity contribution in [2.24, 2.45) is 0 Å². The second kappa shape index (κ2) is 9.39. The first kappa shape index (κ1) is 22.2. The van der Waals surface area contributed by atoms with Crippen LogP contribution in [0.5, 0.6) is 0 Å². The van der Waals surface area contributed by atoms with E-state index in [9.17, 15) is 13.2 Å². The number of ether oxygens (including phenoxy) is 1. The number of rotatable bonds is 7. The molecule has 0 amide bonds. The van der Waals surface area contributed by atoms with E-state index in [1.807, 2.05) is 6.92 Å². The Morgan fingerprint density at radius 2 is 1.79 bits per heavy atom. The van der Waals surface area contributed by atoms with Crippen LogP contribution in [-0.4, -0.2) is 27.5 Å². The first-order valence-electron chi connectivity index (χ1n) is 8.14. The highest BCUT2D eigenvalue weighted by Gasteiger charge is 2.25. The van der Waals surface area contributed by atoms with Crippen molar-refractivity contribution >= 4 is 44.2 Å². The molecule has 0 fully saturated rings. The summed E-state index contributed by atoms with van der Waals surface area (Å²) in [5, 5.41) is 0.542. The topological polar surface area (TPSA) is 72.5 Å². The van der Waals surface area contributed by atoms with Crippen LogP contribution in [0.15, 0.2) is 71.7 Å². The molecule has 28 heavy (non-hydrogen) atoms. The van der Waals surface area contributed by atoms with Gasteiger partial charge in [-0.3, -0.25) is 0 Å². The second-order valence-corrected chi connectivity index (χ2v) is 8.45. The van der Waals surface area contributed by atoms with Gasteiger partial charge in [0.15, 0.2) is 0 Å². The molecule has 5 nitrogen and oxygen atoms in total. The van der Waals surface area contributed by atoms with Gasteiger partial charge in [-0.2, -0.15) is 4.72 Å². The molecule has 8 heteroatoms. The van der Waals surface area contributed by atoms with Gasteiger partial charge in [0, 0.05) is 15.6 Å². The zero-order valence-corrected chi connectivity index (χ0v) is 17.6. The van der Waals surface area contributed by atoms with E-state index in [1.165, 1.54) is 25.3 Å². The van der Waals surface area contributed by atoms with E-state index < -0.39 is 22.0 Å². The number of nitrogens with one attached hydrogen (secondary N) is 1. The summed E-state index contributed by atoms with van der Waals surface area (Å²) in [6.45, 7) is 5.49. The Morgan fingerprint density at radius 3 is 2.36 bits per heavy atom. The zero-order chi connectivity index (χ0) is 20.9. The zero-order valence-electron chi connectivity index (χ0n) is 15.3. The summed E-state index contributed by atoms with van der Waals surface area (Å²) >= 11 is 12.5. The van der Waals surface area contributed by atoms with Crippen LogP contribution in [0, 0.1) is 6.92 Å². The Bertz CT molecular complexity index is 1010. The van der Waals surface area contributed by atoms with Crippen LogP contribution in [0.4, 0.5) is 0 Å². The molecule has 0 saturated heterocycles. The van der Waals surface area contributed by atoms with Crippen molar-refractivity contribution in [3.63, 3.8) is 0 Å². The fourth-order valence-electron chi connectivity index (χ4n) is 2.31. The van der Waals surface area contributed by atoms with Crippen LogP contribution in [0.2, 0.25) is 5.02 Å². The first-order valence-corrected chi connectivity index (χ1v) is 10.4. The number of hydrogen-bond donors (Lipinski definition) is 1. The predicted molar refractivity (Wildman–Crippen MR) is 112 cm³/mol. The summed E-state index contributed by atoms with van der Waals surface area (Å²) in [4.78, 5) is 12.0. The van der Waals surface area contributed by atoms with Gasteiger partial charge in [0.05, 0.1) is 23.6 Å². The van der Waals surface area contributed by atoms with E-state index in [0.717, 1.165) is 5.56 Å². The largest absolute Gasteiger partial charge is 0.466 e. The molecule has 2 aromatic rings. The quantitative estimate of drug-likeness (QED) is 0.515. The Morgan fingerprint density at radius 1 is 1.18 bits per heavy atom. The number of carbonyl (C=O) groups is 1. The minimum Gasteiger partial charge on any atom is -0.466 e. The summed E-state index contributed by atoms with van der Waals surface area (Å²) in [6.07, 6.45) is 1.35.